The number of nitrogens with zero attached hydrogens (tertiary/aromatic N) is 2. The lowest BCUT2D eigenvalue weighted by molar-refractivity contribution is 0.0779. The first-order valence-electron chi connectivity index (χ1n) is 8.57. The van der Waals surface area contributed by atoms with Crippen molar-refractivity contribution in [3.63, 3.8) is 0 Å². The zero-order valence-electron chi connectivity index (χ0n) is 13.2. The minimum Gasteiger partial charge on any atom is -0.354 e. The fraction of sp³-hybridized carbons (Fsp3) is 0.667. The molecule has 0 amide bonds. The topological polar surface area (TPSA) is 41.6 Å². The van der Waals surface area contributed by atoms with Gasteiger partial charge in [-0.15, -0.1) is 0 Å². The Labute approximate surface area is 135 Å². The van der Waals surface area contributed by atoms with E-state index in [1.165, 1.54) is 37.8 Å². The summed E-state index contributed by atoms with van der Waals surface area (Å²) in [6, 6.07) is 2.26. The lowest BCUT2D eigenvalue weighted by Crippen LogP contribution is -2.34. The number of aryl methyl sites for hydroxylation is 1. The van der Waals surface area contributed by atoms with Crippen molar-refractivity contribution in [2.45, 2.75) is 51.4 Å². The lowest BCUT2D eigenvalue weighted by atomic mass is 9.63. The van der Waals surface area contributed by atoms with Crippen molar-refractivity contribution < 1.29 is 0 Å². The molecule has 2 aromatic heterocycles. The number of nitrogens with one attached hydrogen (secondary N) is 1. The van der Waals surface area contributed by atoms with Gasteiger partial charge in [-0.2, -0.15) is 0 Å². The molecule has 2 bridgehead atoms. The van der Waals surface area contributed by atoms with Crippen LogP contribution in [-0.2, 0) is 5.41 Å². The van der Waals surface area contributed by atoms with Crippen molar-refractivity contribution >= 4 is 22.6 Å². The Hall–Kier alpha value is -1.09. The number of hydrogen-bond acceptors (Lipinski definition) is 2. The molecule has 3 aliphatic carbocycles. The Morgan fingerprint density at radius 1 is 1.18 bits per heavy atom. The van der Waals surface area contributed by atoms with Crippen molar-refractivity contribution in [2.75, 3.05) is 0 Å². The van der Waals surface area contributed by atoms with E-state index in [0.29, 0.717) is 10.6 Å². The minimum absolute atomic E-state index is 0.331. The first kappa shape index (κ1) is 13.4. The number of aromatic nitrogens is 3. The SMILES string of the molecule is Cc1nc(Cl)c2[nH]c(C34CC(C)C[C@@H]5C[C@@H](C3)C5C4)cc2n1. The number of fused-ring (bicyclic) bond motifs is 2. The molecule has 22 heavy (non-hydrogen) atoms. The summed E-state index contributed by atoms with van der Waals surface area (Å²) in [4.78, 5) is 12.5. The van der Waals surface area contributed by atoms with E-state index in [-0.39, 0.29) is 0 Å². The molecule has 3 aliphatic rings. The molecule has 0 radical (unpaired) electrons. The molecular weight excluding hydrogens is 294 g/mol. The van der Waals surface area contributed by atoms with Gasteiger partial charge in [-0.3, -0.25) is 0 Å². The van der Waals surface area contributed by atoms with Crippen molar-refractivity contribution in [3.05, 3.63) is 22.7 Å². The standard InChI is InChI=1S/C18H22ClN3/c1-9-3-11-4-12-7-18(6-9,8-13(11)12)15-5-14-16(22-15)17(19)21-10(2)20-14/h5,9,11-13,22H,3-4,6-8H2,1-2H3/t9?,11-,12+,13?,18?/m1/s1. The predicted molar refractivity (Wildman–Crippen MR) is 88.0 cm³/mol. The average molecular weight is 316 g/mol. The van der Waals surface area contributed by atoms with Gasteiger partial charge in [-0.05, 0) is 68.8 Å². The number of rotatable bonds is 1. The van der Waals surface area contributed by atoms with E-state index in [4.69, 9.17) is 11.6 Å². The summed E-state index contributed by atoms with van der Waals surface area (Å²) in [5.41, 5.74) is 3.60. The Bertz CT molecular complexity index is 763. The summed E-state index contributed by atoms with van der Waals surface area (Å²) in [5.74, 6) is 4.51. The molecule has 4 heteroatoms. The Kier molecular flexibility index (Phi) is 2.58. The van der Waals surface area contributed by atoms with Crippen molar-refractivity contribution in [1.29, 1.82) is 0 Å². The highest BCUT2D eigenvalue weighted by Crippen LogP contribution is 2.64. The van der Waals surface area contributed by atoms with Crippen LogP contribution >= 0.6 is 11.6 Å². The summed E-state index contributed by atoms with van der Waals surface area (Å²) in [6.07, 6.45) is 6.94. The van der Waals surface area contributed by atoms with Gasteiger partial charge in [0.15, 0.2) is 5.15 Å². The highest BCUT2D eigenvalue weighted by Gasteiger charge is 2.57. The van der Waals surface area contributed by atoms with Gasteiger partial charge in [-0.25, -0.2) is 9.97 Å². The highest BCUT2D eigenvalue weighted by molar-refractivity contribution is 6.33. The summed E-state index contributed by atoms with van der Waals surface area (Å²) in [6.45, 7) is 4.35. The zero-order valence-corrected chi connectivity index (χ0v) is 14.0. The number of hydrogen-bond donors (Lipinski definition) is 1. The van der Waals surface area contributed by atoms with E-state index in [2.05, 4.69) is 27.9 Å². The molecule has 2 heterocycles. The molecule has 0 aromatic carbocycles. The summed E-state index contributed by atoms with van der Waals surface area (Å²) in [5, 5.41) is 0.561. The second-order valence-corrected chi connectivity index (χ2v) is 8.52. The molecule has 5 atom stereocenters. The third kappa shape index (κ3) is 1.69. The fourth-order valence-corrected chi connectivity index (χ4v) is 6.21. The van der Waals surface area contributed by atoms with Crippen molar-refractivity contribution in [1.82, 2.24) is 15.0 Å². The third-order valence-corrected chi connectivity index (χ3v) is 6.93. The predicted octanol–water partition coefficient (Wildman–Crippen LogP) is 4.63. The molecule has 0 saturated heterocycles. The molecule has 3 unspecified atom stereocenters. The van der Waals surface area contributed by atoms with Gasteiger partial charge >= 0.3 is 0 Å². The molecule has 3 fully saturated rings. The number of H-pyrrole nitrogens is 1. The molecule has 2 aromatic rings. The van der Waals surface area contributed by atoms with Crippen LogP contribution in [0.5, 0.6) is 0 Å². The molecular formula is C18H22ClN3. The summed E-state index contributed by atoms with van der Waals surface area (Å²) < 4.78 is 0. The maximum Gasteiger partial charge on any atom is 0.156 e. The normalized spacial score (nSPS) is 39.8. The van der Waals surface area contributed by atoms with Gasteiger partial charge in [0.05, 0.1) is 5.52 Å². The van der Waals surface area contributed by atoms with Crippen LogP contribution in [0.4, 0.5) is 0 Å². The van der Waals surface area contributed by atoms with Crippen LogP contribution in [0, 0.1) is 30.6 Å². The van der Waals surface area contributed by atoms with Gasteiger partial charge in [-0.1, -0.05) is 18.5 Å². The zero-order chi connectivity index (χ0) is 15.1. The molecule has 5 rings (SSSR count). The largest absolute Gasteiger partial charge is 0.354 e. The minimum atomic E-state index is 0.331. The van der Waals surface area contributed by atoms with Crippen LogP contribution in [0.2, 0.25) is 5.15 Å². The van der Waals surface area contributed by atoms with Crippen LogP contribution < -0.4 is 0 Å². The smallest absolute Gasteiger partial charge is 0.156 e. The average Bonchev–Trinajstić information content (AvgIpc) is 2.93. The Morgan fingerprint density at radius 2 is 2.05 bits per heavy atom. The second-order valence-electron chi connectivity index (χ2n) is 8.16. The highest BCUT2D eigenvalue weighted by atomic mass is 35.5. The van der Waals surface area contributed by atoms with Gasteiger partial charge in [0.2, 0.25) is 0 Å². The monoisotopic (exact) mass is 315 g/mol. The second kappa shape index (κ2) is 4.25. The summed E-state index contributed by atoms with van der Waals surface area (Å²) in [7, 11) is 0. The number of aromatic amines is 1. The van der Waals surface area contributed by atoms with Crippen LogP contribution in [0.15, 0.2) is 6.07 Å². The van der Waals surface area contributed by atoms with Crippen molar-refractivity contribution in [3.8, 4) is 0 Å². The molecule has 3 saturated carbocycles. The van der Waals surface area contributed by atoms with Crippen LogP contribution in [-0.4, -0.2) is 15.0 Å². The Morgan fingerprint density at radius 3 is 2.91 bits per heavy atom. The lowest BCUT2D eigenvalue weighted by Gasteiger charge is -2.42. The Balaban J connectivity index is 1.65. The molecule has 0 spiro atoms. The van der Waals surface area contributed by atoms with Crippen LogP contribution in [0.3, 0.4) is 0 Å². The maximum atomic E-state index is 6.33. The van der Waals surface area contributed by atoms with Gasteiger partial charge in [0, 0.05) is 11.1 Å². The van der Waals surface area contributed by atoms with E-state index >= 15 is 0 Å². The molecule has 116 valence electrons. The van der Waals surface area contributed by atoms with E-state index in [1.807, 2.05) is 6.92 Å². The van der Waals surface area contributed by atoms with Gasteiger partial charge in [0.1, 0.15) is 11.3 Å². The summed E-state index contributed by atoms with van der Waals surface area (Å²) >= 11 is 6.33. The molecule has 1 N–H and O–H groups in total. The molecule has 3 nitrogen and oxygen atoms in total. The van der Waals surface area contributed by atoms with Crippen LogP contribution in [0.1, 0.15) is 50.5 Å². The molecule has 0 aliphatic heterocycles. The van der Waals surface area contributed by atoms with Gasteiger partial charge < -0.3 is 4.98 Å². The third-order valence-electron chi connectivity index (χ3n) is 6.66. The van der Waals surface area contributed by atoms with Crippen LogP contribution in [0.25, 0.3) is 11.0 Å². The first-order chi connectivity index (χ1) is 10.5. The van der Waals surface area contributed by atoms with E-state index in [0.717, 1.165) is 40.5 Å². The number of halogens is 1. The first-order valence-corrected chi connectivity index (χ1v) is 8.95. The van der Waals surface area contributed by atoms with E-state index in [9.17, 15) is 0 Å². The van der Waals surface area contributed by atoms with Gasteiger partial charge in [0.25, 0.3) is 0 Å². The van der Waals surface area contributed by atoms with Crippen molar-refractivity contribution in [2.24, 2.45) is 23.7 Å². The fourth-order valence-electron chi connectivity index (χ4n) is 5.94. The van der Waals surface area contributed by atoms with E-state index < -0.39 is 0 Å². The maximum absolute atomic E-state index is 6.33. The van der Waals surface area contributed by atoms with E-state index in [1.54, 1.807) is 0 Å². The quantitative estimate of drug-likeness (QED) is 0.779.